The highest BCUT2D eigenvalue weighted by atomic mass is 16.3. The van der Waals surface area contributed by atoms with Crippen LogP contribution < -0.4 is 0 Å². The lowest BCUT2D eigenvalue weighted by molar-refractivity contribution is 0.0233. The molecule has 0 amide bonds. The SMILES string of the molecule is CC[C@H]1CC=C2C3=C(CC[C@@]21C)[C@@]1(C)CCC(O)CC1CC3. The number of rotatable bonds is 1. The van der Waals surface area contributed by atoms with Gasteiger partial charge in [-0.15, -0.1) is 0 Å². The Kier molecular flexibility index (Phi) is 3.39. The van der Waals surface area contributed by atoms with Gasteiger partial charge in [0.2, 0.25) is 0 Å². The van der Waals surface area contributed by atoms with Crippen molar-refractivity contribution in [3.05, 3.63) is 22.8 Å². The molecule has 1 heteroatoms. The molecular weight excluding hydrogens is 268 g/mol. The van der Waals surface area contributed by atoms with Crippen LogP contribution in [0, 0.1) is 22.7 Å². The van der Waals surface area contributed by atoms with E-state index in [9.17, 15) is 5.11 Å². The Labute approximate surface area is 135 Å². The molecule has 0 heterocycles. The second kappa shape index (κ2) is 4.97. The van der Waals surface area contributed by atoms with Crippen LogP contribution in [-0.2, 0) is 0 Å². The fourth-order valence-electron chi connectivity index (χ4n) is 6.54. The minimum Gasteiger partial charge on any atom is -0.393 e. The molecule has 1 nitrogen and oxygen atoms in total. The zero-order chi connectivity index (χ0) is 15.5. The normalized spacial score (nSPS) is 47.6. The molecule has 4 rings (SSSR count). The summed E-state index contributed by atoms with van der Waals surface area (Å²) in [7, 11) is 0. The van der Waals surface area contributed by atoms with Gasteiger partial charge in [-0.2, -0.15) is 0 Å². The quantitative estimate of drug-likeness (QED) is 0.687. The molecule has 1 saturated carbocycles. The van der Waals surface area contributed by atoms with E-state index in [1.54, 1.807) is 16.7 Å². The Hall–Kier alpha value is -0.560. The Balaban J connectivity index is 1.74. The smallest absolute Gasteiger partial charge is 0.0543 e. The van der Waals surface area contributed by atoms with E-state index in [4.69, 9.17) is 0 Å². The highest BCUT2D eigenvalue weighted by molar-refractivity contribution is 5.49. The predicted molar refractivity (Wildman–Crippen MR) is 91.5 cm³/mol. The summed E-state index contributed by atoms with van der Waals surface area (Å²) in [5.74, 6) is 1.60. The van der Waals surface area contributed by atoms with E-state index in [0.29, 0.717) is 10.8 Å². The molecular formula is C21H32O. The molecule has 0 radical (unpaired) electrons. The second-order valence-electron chi connectivity index (χ2n) is 8.91. The maximum atomic E-state index is 10.1. The van der Waals surface area contributed by atoms with Crippen molar-refractivity contribution < 1.29 is 5.11 Å². The number of aliphatic hydroxyl groups is 1. The molecule has 4 aliphatic carbocycles. The van der Waals surface area contributed by atoms with Gasteiger partial charge in [0.15, 0.2) is 0 Å². The monoisotopic (exact) mass is 300 g/mol. The Morgan fingerprint density at radius 2 is 1.95 bits per heavy atom. The molecule has 0 aliphatic heterocycles. The topological polar surface area (TPSA) is 20.2 Å². The molecule has 122 valence electrons. The molecule has 0 aromatic heterocycles. The fourth-order valence-corrected chi connectivity index (χ4v) is 6.54. The third kappa shape index (κ3) is 1.87. The lowest BCUT2D eigenvalue weighted by Crippen LogP contribution is -2.43. The largest absolute Gasteiger partial charge is 0.393 e. The van der Waals surface area contributed by atoms with Crippen molar-refractivity contribution in [3.8, 4) is 0 Å². The first-order valence-corrected chi connectivity index (χ1v) is 9.60. The summed E-state index contributed by atoms with van der Waals surface area (Å²) < 4.78 is 0. The van der Waals surface area contributed by atoms with Crippen LogP contribution >= 0.6 is 0 Å². The zero-order valence-electron chi connectivity index (χ0n) is 14.6. The standard InChI is InChI=1S/C21H32O/c1-4-14-6-8-18-17-7-5-15-13-16(22)9-11-21(15,3)19(17)10-12-20(14,18)2/h8,14-16,22H,4-7,9-13H2,1-3H3/t14-,15?,16?,20+,21-/m0/s1. The summed E-state index contributed by atoms with van der Waals surface area (Å²) in [6, 6.07) is 0. The highest BCUT2D eigenvalue weighted by Gasteiger charge is 2.51. The summed E-state index contributed by atoms with van der Waals surface area (Å²) in [5, 5.41) is 10.1. The van der Waals surface area contributed by atoms with Crippen LogP contribution in [0.1, 0.15) is 78.6 Å². The average molecular weight is 300 g/mol. The highest BCUT2D eigenvalue weighted by Crippen LogP contribution is 2.63. The third-order valence-corrected chi connectivity index (χ3v) is 8.09. The average Bonchev–Trinajstić information content (AvgIpc) is 2.84. The van der Waals surface area contributed by atoms with Crippen LogP contribution in [0.15, 0.2) is 22.8 Å². The van der Waals surface area contributed by atoms with Gasteiger partial charge in [-0.05, 0) is 85.2 Å². The van der Waals surface area contributed by atoms with Gasteiger partial charge in [0.1, 0.15) is 0 Å². The van der Waals surface area contributed by atoms with Crippen LogP contribution in [0.4, 0.5) is 0 Å². The molecule has 0 bridgehead atoms. The van der Waals surface area contributed by atoms with Crippen molar-refractivity contribution in [2.45, 2.75) is 84.7 Å². The van der Waals surface area contributed by atoms with Crippen LogP contribution in [0.3, 0.4) is 0 Å². The van der Waals surface area contributed by atoms with Crippen LogP contribution in [0.5, 0.6) is 0 Å². The molecule has 0 aromatic carbocycles. The van der Waals surface area contributed by atoms with E-state index < -0.39 is 0 Å². The first kappa shape index (κ1) is 15.0. The summed E-state index contributed by atoms with van der Waals surface area (Å²) in [6.07, 6.45) is 13.7. The Morgan fingerprint density at radius 3 is 2.73 bits per heavy atom. The van der Waals surface area contributed by atoms with Crippen LogP contribution in [-0.4, -0.2) is 11.2 Å². The van der Waals surface area contributed by atoms with Gasteiger partial charge in [-0.3, -0.25) is 0 Å². The number of hydrogen-bond acceptors (Lipinski definition) is 1. The summed E-state index contributed by atoms with van der Waals surface area (Å²) >= 11 is 0. The molecule has 1 fully saturated rings. The van der Waals surface area contributed by atoms with E-state index >= 15 is 0 Å². The van der Waals surface area contributed by atoms with E-state index in [1.165, 1.54) is 44.9 Å². The molecule has 0 aromatic rings. The van der Waals surface area contributed by atoms with Crippen molar-refractivity contribution >= 4 is 0 Å². The van der Waals surface area contributed by atoms with Gasteiger partial charge >= 0.3 is 0 Å². The van der Waals surface area contributed by atoms with Crippen molar-refractivity contribution in [1.82, 2.24) is 0 Å². The van der Waals surface area contributed by atoms with Crippen molar-refractivity contribution in [3.63, 3.8) is 0 Å². The third-order valence-electron chi connectivity index (χ3n) is 8.09. The molecule has 1 N–H and O–H groups in total. The van der Waals surface area contributed by atoms with Crippen LogP contribution in [0.25, 0.3) is 0 Å². The molecule has 5 atom stereocenters. The van der Waals surface area contributed by atoms with E-state index in [-0.39, 0.29) is 6.10 Å². The fraction of sp³-hybridized carbons (Fsp3) is 0.810. The Bertz CT molecular complexity index is 542. The van der Waals surface area contributed by atoms with E-state index in [1.807, 2.05) is 0 Å². The second-order valence-corrected chi connectivity index (χ2v) is 8.91. The summed E-state index contributed by atoms with van der Waals surface area (Å²) in [4.78, 5) is 0. The molecule has 0 saturated heterocycles. The lowest BCUT2D eigenvalue weighted by Gasteiger charge is -2.53. The number of fused-ring (bicyclic) bond motifs is 4. The number of allylic oxidation sites excluding steroid dienone is 4. The maximum Gasteiger partial charge on any atom is 0.0543 e. The van der Waals surface area contributed by atoms with E-state index in [0.717, 1.165) is 24.7 Å². The van der Waals surface area contributed by atoms with Gasteiger partial charge < -0.3 is 5.11 Å². The van der Waals surface area contributed by atoms with Gasteiger partial charge in [0.25, 0.3) is 0 Å². The van der Waals surface area contributed by atoms with Crippen LogP contribution in [0.2, 0.25) is 0 Å². The summed E-state index contributed by atoms with van der Waals surface area (Å²) in [5.41, 5.74) is 6.16. The number of aliphatic hydroxyl groups excluding tert-OH is 1. The first-order chi connectivity index (χ1) is 10.5. The minimum absolute atomic E-state index is 0.0377. The molecule has 2 unspecified atom stereocenters. The van der Waals surface area contributed by atoms with Gasteiger partial charge in [-0.1, -0.05) is 38.8 Å². The van der Waals surface area contributed by atoms with Gasteiger partial charge in [0.05, 0.1) is 6.10 Å². The Morgan fingerprint density at radius 1 is 1.14 bits per heavy atom. The van der Waals surface area contributed by atoms with Gasteiger partial charge in [-0.25, -0.2) is 0 Å². The molecule has 22 heavy (non-hydrogen) atoms. The minimum atomic E-state index is -0.0377. The van der Waals surface area contributed by atoms with Crippen molar-refractivity contribution in [2.24, 2.45) is 22.7 Å². The number of hydrogen-bond donors (Lipinski definition) is 1. The first-order valence-electron chi connectivity index (χ1n) is 9.60. The lowest BCUT2D eigenvalue weighted by atomic mass is 9.52. The molecule has 0 spiro atoms. The van der Waals surface area contributed by atoms with Crippen molar-refractivity contribution in [1.29, 1.82) is 0 Å². The van der Waals surface area contributed by atoms with Gasteiger partial charge in [0, 0.05) is 0 Å². The maximum absolute atomic E-state index is 10.1. The molecule has 4 aliphatic rings. The van der Waals surface area contributed by atoms with Crippen molar-refractivity contribution in [2.75, 3.05) is 0 Å². The summed E-state index contributed by atoms with van der Waals surface area (Å²) in [6.45, 7) is 7.44. The van der Waals surface area contributed by atoms with E-state index in [2.05, 4.69) is 26.8 Å². The predicted octanol–water partition coefficient (Wildman–Crippen LogP) is 5.40. The zero-order valence-corrected chi connectivity index (χ0v) is 14.6.